The number of ether oxygens (including phenoxy) is 5. The highest BCUT2D eigenvalue weighted by molar-refractivity contribution is 8.77. The summed E-state index contributed by atoms with van der Waals surface area (Å²) in [6.45, 7) is 3.22. The normalized spacial score (nSPS) is 35.3. The van der Waals surface area contributed by atoms with Crippen LogP contribution >= 0.6 is 43.2 Å². The second kappa shape index (κ2) is 30.9. The molecule has 458 valence electrons. The molecule has 2 aromatic rings. The number of amides is 1. The number of phenolic OH excluding ortho intramolecular Hbond substituents is 2. The fourth-order valence-electron chi connectivity index (χ4n) is 15.4. The largest absolute Gasteiger partial charge is 0.504 e. The van der Waals surface area contributed by atoms with Gasteiger partial charge in [-0.1, -0.05) is 81.7 Å². The van der Waals surface area contributed by atoms with Gasteiger partial charge in [0.05, 0.1) is 56.8 Å². The molecule has 2 bridgehead atoms. The molecule has 16 atom stereocenters. The van der Waals surface area contributed by atoms with Crippen LogP contribution in [0.4, 0.5) is 0 Å². The number of aliphatic hydroxyl groups excluding tert-OH is 5. The predicted octanol–water partition coefficient (Wildman–Crippen LogP) is 9.52. The average Bonchev–Trinajstić information content (AvgIpc) is 2.85. The molecule has 4 aliphatic heterocycles. The van der Waals surface area contributed by atoms with Gasteiger partial charge in [0.2, 0.25) is 11.7 Å². The van der Waals surface area contributed by atoms with Crippen LogP contribution in [0.15, 0.2) is 24.3 Å². The number of rotatable bonds is 15. The van der Waals surface area contributed by atoms with E-state index in [0.717, 1.165) is 100 Å². The number of aliphatic hydroxyl groups is 5. The maximum atomic E-state index is 13.9. The van der Waals surface area contributed by atoms with E-state index < -0.39 is 37.1 Å². The molecule has 9 N–H and O–H groups in total. The highest BCUT2D eigenvalue weighted by Gasteiger charge is 2.54. The molecule has 2 saturated heterocycles. The lowest BCUT2D eigenvalue weighted by molar-refractivity contribution is -0.123. The van der Waals surface area contributed by atoms with Gasteiger partial charge in [0.15, 0.2) is 23.0 Å². The van der Waals surface area contributed by atoms with E-state index in [9.17, 15) is 40.5 Å². The molecule has 1 spiro atoms. The molecule has 0 radical (unpaired) electrons. The molecule has 0 unspecified atom stereocenters. The third-order valence-corrected chi connectivity index (χ3v) is 25.0. The molecule has 9 rings (SSSR count). The van der Waals surface area contributed by atoms with E-state index in [1.165, 1.54) is 55.1 Å². The Morgan fingerprint density at radius 1 is 0.768 bits per heavy atom. The fraction of sp³-hybridized carbons (Fsp3) is 0.762. The Hall–Kier alpha value is -2.45. The number of carbonyl (C=O) groups is 1. The van der Waals surface area contributed by atoms with Crippen molar-refractivity contribution in [2.75, 3.05) is 58.0 Å². The van der Waals surface area contributed by atoms with Crippen molar-refractivity contribution >= 4 is 49.1 Å². The number of hydrogen-bond donors (Lipinski definition) is 9. The number of aromatic hydroxyl groups is 2. The van der Waals surface area contributed by atoms with Gasteiger partial charge in [0, 0.05) is 78.0 Å². The van der Waals surface area contributed by atoms with Crippen LogP contribution in [0.5, 0.6) is 28.7 Å². The topological polar surface area (TPSA) is 229 Å². The lowest BCUT2D eigenvalue weighted by Gasteiger charge is -2.54. The van der Waals surface area contributed by atoms with Crippen LogP contribution in [0.2, 0.25) is 0 Å². The molecule has 3 aliphatic carbocycles. The van der Waals surface area contributed by atoms with E-state index >= 15 is 0 Å². The summed E-state index contributed by atoms with van der Waals surface area (Å²) in [6.07, 6.45) is 14.0. The van der Waals surface area contributed by atoms with E-state index in [0.29, 0.717) is 67.3 Å². The molecule has 4 heterocycles. The monoisotopic (exact) mass is 1210 g/mol. The number of hydrogen-bond acceptors (Lipinski definition) is 18. The first-order valence-electron chi connectivity index (χ1n) is 30.8. The Labute approximate surface area is 503 Å². The number of phenols is 2. The molecule has 82 heavy (non-hydrogen) atoms. The highest BCUT2D eigenvalue weighted by Crippen LogP contribution is 2.58. The maximum Gasteiger partial charge on any atom is 0.224 e. The van der Waals surface area contributed by atoms with Crippen LogP contribution in [0.3, 0.4) is 0 Å². The summed E-state index contributed by atoms with van der Waals surface area (Å²) in [5.41, 5.74) is 2.13. The van der Waals surface area contributed by atoms with Crippen molar-refractivity contribution in [1.82, 2.24) is 10.6 Å². The summed E-state index contributed by atoms with van der Waals surface area (Å²) < 4.78 is 30.2. The number of nitrogens with one attached hydrogen (secondary N) is 2. The summed E-state index contributed by atoms with van der Waals surface area (Å²) in [5.74, 6) is 10.5. The molecular formula is C63H94N2O13S4. The van der Waals surface area contributed by atoms with E-state index in [2.05, 4.69) is 29.4 Å². The van der Waals surface area contributed by atoms with Crippen molar-refractivity contribution in [3.63, 3.8) is 0 Å². The predicted molar refractivity (Wildman–Crippen MR) is 327 cm³/mol. The maximum absolute atomic E-state index is 13.9. The van der Waals surface area contributed by atoms with Crippen molar-refractivity contribution in [2.45, 2.75) is 196 Å². The minimum atomic E-state index is -1.04. The second-order valence-corrected chi connectivity index (χ2v) is 30.0. The summed E-state index contributed by atoms with van der Waals surface area (Å²) in [4.78, 5) is 13.9. The minimum Gasteiger partial charge on any atom is -0.504 e. The number of benzene rings is 2. The first kappa shape index (κ1) is 64.0. The highest BCUT2D eigenvalue weighted by atomic mass is 33.1. The average molecular weight is 1220 g/mol. The number of aryl methyl sites for hydroxylation is 1. The van der Waals surface area contributed by atoms with Crippen LogP contribution in [-0.4, -0.2) is 148 Å². The number of methoxy groups -OCH3 is 2. The van der Waals surface area contributed by atoms with Gasteiger partial charge in [-0.05, 0) is 167 Å². The molecule has 7 aliphatic rings. The summed E-state index contributed by atoms with van der Waals surface area (Å²) in [6, 6.07) is 7.22. The van der Waals surface area contributed by atoms with Crippen molar-refractivity contribution in [2.24, 2.45) is 46.8 Å². The van der Waals surface area contributed by atoms with Gasteiger partial charge in [-0.25, -0.2) is 0 Å². The minimum absolute atomic E-state index is 0.0231. The summed E-state index contributed by atoms with van der Waals surface area (Å²) in [5, 5.41) is 86.7. The van der Waals surface area contributed by atoms with Gasteiger partial charge < -0.3 is 70.1 Å². The van der Waals surface area contributed by atoms with Crippen molar-refractivity contribution in [1.29, 1.82) is 0 Å². The first-order valence-corrected chi connectivity index (χ1v) is 35.7. The Morgan fingerprint density at radius 3 is 2.32 bits per heavy atom. The van der Waals surface area contributed by atoms with Crippen molar-refractivity contribution < 1.29 is 64.2 Å². The quantitative estimate of drug-likeness (QED) is 0.0350. The zero-order valence-corrected chi connectivity index (χ0v) is 51.8. The SMILES string of the molecule is COc1cc(C[C@H]2[C@H](O)C[C@@H](OCO)CCc3cc(O[C@@H]4CC[C@@H]5[C@@H](C4)[C@]46C#CCCN[C@@H]5CSSC[C@H]5C(=O)N[C@H](CCCOC7CCCCC7)[C@H]5[C@@H](O)CC[C@@H]4CC[C@@H](C)C6)c(O)cc3[C@H](CCO)SSC[C@@H]2O)cc(OC)c1O. The van der Waals surface area contributed by atoms with Gasteiger partial charge in [-0.2, -0.15) is 0 Å². The summed E-state index contributed by atoms with van der Waals surface area (Å²) in [7, 11) is 9.50. The molecule has 15 nitrogen and oxygen atoms in total. The number of carbonyl (C=O) groups excluding carboxylic acids is 1. The summed E-state index contributed by atoms with van der Waals surface area (Å²) >= 11 is 0. The van der Waals surface area contributed by atoms with E-state index in [4.69, 9.17) is 23.7 Å². The second-order valence-electron chi connectivity index (χ2n) is 24.8. The van der Waals surface area contributed by atoms with Crippen LogP contribution in [0.25, 0.3) is 0 Å². The molecule has 5 fully saturated rings. The zero-order chi connectivity index (χ0) is 57.8. The van der Waals surface area contributed by atoms with Crippen LogP contribution in [0, 0.1) is 58.7 Å². The third-order valence-electron chi connectivity index (χ3n) is 19.7. The zero-order valence-electron chi connectivity index (χ0n) is 48.6. The lowest BCUT2D eigenvalue weighted by atomic mass is 9.51. The van der Waals surface area contributed by atoms with Crippen LogP contribution in [-0.2, 0) is 27.1 Å². The molecule has 2 aromatic carbocycles. The van der Waals surface area contributed by atoms with E-state index in [-0.39, 0.29) is 107 Å². The Kier molecular flexibility index (Phi) is 24.2. The van der Waals surface area contributed by atoms with Gasteiger partial charge in [-0.3, -0.25) is 4.79 Å². The van der Waals surface area contributed by atoms with Crippen LogP contribution in [0.1, 0.15) is 151 Å². The van der Waals surface area contributed by atoms with Gasteiger partial charge in [0.25, 0.3) is 0 Å². The van der Waals surface area contributed by atoms with Crippen molar-refractivity contribution in [3.8, 4) is 40.6 Å². The molecule has 1 amide bonds. The molecule has 3 saturated carbocycles. The number of fused-ring (bicyclic) bond motifs is 2. The Balaban J connectivity index is 0.962. The van der Waals surface area contributed by atoms with E-state index in [1.807, 2.05) is 16.9 Å². The Morgan fingerprint density at radius 2 is 1.55 bits per heavy atom. The van der Waals surface area contributed by atoms with Gasteiger partial charge in [-0.15, -0.1) is 5.92 Å². The Bertz CT molecular complexity index is 2400. The molecule has 0 aromatic heterocycles. The lowest BCUT2D eigenvalue weighted by Crippen LogP contribution is -2.53. The van der Waals surface area contributed by atoms with Gasteiger partial charge >= 0.3 is 0 Å². The molecule has 19 heteroatoms. The fourth-order valence-corrected chi connectivity index (χ4v) is 21.0. The van der Waals surface area contributed by atoms with Crippen molar-refractivity contribution in [3.05, 3.63) is 41.0 Å². The molecular weight excluding hydrogens is 1120 g/mol. The third kappa shape index (κ3) is 15.8. The first-order chi connectivity index (χ1) is 39.8. The van der Waals surface area contributed by atoms with Gasteiger partial charge in [0.1, 0.15) is 6.79 Å². The smallest absolute Gasteiger partial charge is 0.224 e. The van der Waals surface area contributed by atoms with Crippen LogP contribution < -0.4 is 24.8 Å². The standard InChI is InChI=1S/C63H94N2O13S4/c1-38-13-15-41-16-20-52(68)60-48(62(73)65-50(60)12-9-25-76-42-10-5-4-6-11-42)34-79-80-35-51-45-19-18-44(30-49(45)63(41,33-38)22-7-8-23-64-51)78-56-29-40-14-17-43(77-37-67)31-53(69)47(26-39-27-57(74-2)61(72)58(28-39)75-3)55(71)36-81-82-59(21-24-66)46(40)32-54(56)70/h27-29,32,38,41-45,47-53,55,59-60,64,66-72H,4-6,8-21,23-26,30-31,33-37H2,1-3H3,(H,65,73)/t38-,41+,43+,44-,45-,47+,48-,49-,50-,51-,52+,53-,55+,59+,60+,63+/m1/s1. The van der Waals surface area contributed by atoms with E-state index in [1.54, 1.807) is 29.0 Å².